The van der Waals surface area contributed by atoms with E-state index in [0.717, 1.165) is 0 Å². The number of nitrogens with one attached hydrogen (secondary N) is 1. The Morgan fingerprint density at radius 3 is 2.86 bits per heavy atom. The van der Waals surface area contributed by atoms with Crippen molar-refractivity contribution in [3.63, 3.8) is 0 Å². The number of carbonyl (C=O) groups excluding carboxylic acids is 1. The fourth-order valence-electron chi connectivity index (χ4n) is 1.92. The average Bonchev–Trinajstić information content (AvgIpc) is 2.54. The molecule has 0 unspecified atom stereocenters. The Morgan fingerprint density at radius 2 is 2.05 bits per heavy atom. The molecule has 118 valence electrons. The number of para-hydroxylation sites is 1. The number of hydrogen-bond donors (Lipinski definition) is 1. The molecule has 1 N–H and O–H groups in total. The monoisotopic (exact) mass is 305 g/mol. The van der Waals surface area contributed by atoms with Crippen LogP contribution in [0, 0.1) is 0 Å². The van der Waals surface area contributed by atoms with Gasteiger partial charge in [-0.15, -0.1) is 0 Å². The number of carbonyl (C=O) groups is 1. The lowest BCUT2D eigenvalue weighted by Gasteiger charge is -2.06. The molecule has 6 nitrogen and oxygen atoms in total. The van der Waals surface area contributed by atoms with Crippen LogP contribution >= 0.6 is 0 Å². The Morgan fingerprint density at radius 1 is 1.23 bits per heavy atom. The summed E-state index contributed by atoms with van der Waals surface area (Å²) in [4.78, 5) is 23.9. The lowest BCUT2D eigenvalue weighted by molar-refractivity contribution is 0.0687. The number of methoxy groups -OCH3 is 1. The zero-order valence-corrected chi connectivity index (χ0v) is 12.5. The highest BCUT2D eigenvalue weighted by molar-refractivity contribution is 5.93. The molecule has 2 aromatic rings. The minimum Gasteiger partial charge on any atom is -0.451 e. The van der Waals surface area contributed by atoms with Gasteiger partial charge in [-0.3, -0.25) is 9.59 Å². The van der Waals surface area contributed by atoms with Crippen LogP contribution in [0.1, 0.15) is 17.0 Å². The summed E-state index contributed by atoms with van der Waals surface area (Å²) in [6, 6.07) is 8.05. The van der Waals surface area contributed by atoms with Crippen molar-refractivity contribution in [2.75, 3.05) is 33.5 Å². The summed E-state index contributed by atoms with van der Waals surface area (Å²) in [5, 5.41) is 3.16. The van der Waals surface area contributed by atoms with Gasteiger partial charge in [-0.1, -0.05) is 12.1 Å². The normalized spacial score (nSPS) is 10.8. The summed E-state index contributed by atoms with van der Waals surface area (Å²) in [5.41, 5.74) is 0.179. The summed E-state index contributed by atoms with van der Waals surface area (Å²) in [6.07, 6.45) is 0.674. The van der Waals surface area contributed by atoms with Gasteiger partial charge in [0.05, 0.1) is 18.6 Å². The van der Waals surface area contributed by atoms with Gasteiger partial charge in [-0.2, -0.15) is 0 Å². The first-order valence-corrected chi connectivity index (χ1v) is 7.10. The van der Waals surface area contributed by atoms with Gasteiger partial charge in [-0.05, 0) is 18.6 Å². The molecule has 0 aliphatic rings. The van der Waals surface area contributed by atoms with Crippen molar-refractivity contribution < 1.29 is 18.7 Å². The lowest BCUT2D eigenvalue weighted by atomic mass is 10.2. The molecule has 2 rings (SSSR count). The molecule has 0 aliphatic heterocycles. The van der Waals surface area contributed by atoms with E-state index < -0.39 is 5.91 Å². The van der Waals surface area contributed by atoms with Crippen molar-refractivity contribution in [2.45, 2.75) is 6.42 Å². The Bertz CT molecular complexity index is 680. The highest BCUT2D eigenvalue weighted by Crippen LogP contribution is 2.11. The van der Waals surface area contributed by atoms with Gasteiger partial charge >= 0.3 is 0 Å². The van der Waals surface area contributed by atoms with Crippen molar-refractivity contribution >= 4 is 16.9 Å². The summed E-state index contributed by atoms with van der Waals surface area (Å²) in [6.45, 7) is 2.06. The standard InChI is InChI=1S/C16H19NO5/c1-20-9-10-21-8-4-7-17-16(19)15-11-13(18)12-5-2-3-6-14(12)22-15/h2-3,5-6,11H,4,7-10H2,1H3,(H,17,19). The van der Waals surface area contributed by atoms with E-state index >= 15 is 0 Å². The molecule has 1 aromatic carbocycles. The maximum Gasteiger partial charge on any atom is 0.287 e. The molecule has 0 radical (unpaired) electrons. The number of rotatable bonds is 8. The van der Waals surface area contributed by atoms with Crippen molar-refractivity contribution in [1.82, 2.24) is 5.32 Å². The van der Waals surface area contributed by atoms with E-state index in [1.54, 1.807) is 31.4 Å². The minimum absolute atomic E-state index is 0.0176. The van der Waals surface area contributed by atoms with E-state index in [2.05, 4.69) is 5.32 Å². The van der Waals surface area contributed by atoms with Gasteiger partial charge in [0.25, 0.3) is 5.91 Å². The van der Waals surface area contributed by atoms with Crippen molar-refractivity contribution in [1.29, 1.82) is 0 Å². The van der Waals surface area contributed by atoms with Crippen molar-refractivity contribution in [3.05, 3.63) is 46.3 Å². The summed E-state index contributed by atoms with van der Waals surface area (Å²) in [5.74, 6) is -0.385. The van der Waals surface area contributed by atoms with Crippen LogP contribution in [-0.4, -0.2) is 39.4 Å². The molecule has 22 heavy (non-hydrogen) atoms. The lowest BCUT2D eigenvalue weighted by Crippen LogP contribution is -2.26. The van der Waals surface area contributed by atoms with E-state index in [-0.39, 0.29) is 11.2 Å². The third kappa shape index (κ3) is 4.41. The number of hydrogen-bond acceptors (Lipinski definition) is 5. The van der Waals surface area contributed by atoms with Crippen LogP contribution in [0.4, 0.5) is 0 Å². The van der Waals surface area contributed by atoms with E-state index in [1.165, 1.54) is 6.07 Å². The van der Waals surface area contributed by atoms with Gasteiger partial charge in [-0.25, -0.2) is 0 Å². The third-order valence-electron chi connectivity index (χ3n) is 3.04. The van der Waals surface area contributed by atoms with E-state index in [9.17, 15) is 9.59 Å². The first-order chi connectivity index (χ1) is 10.7. The summed E-state index contributed by atoms with van der Waals surface area (Å²) in [7, 11) is 1.61. The predicted octanol–water partition coefficient (Wildman–Crippen LogP) is 1.58. The topological polar surface area (TPSA) is 77.8 Å². The summed E-state index contributed by atoms with van der Waals surface area (Å²) >= 11 is 0. The molecule has 0 saturated heterocycles. The van der Waals surface area contributed by atoms with Crippen molar-refractivity contribution in [2.24, 2.45) is 0 Å². The smallest absolute Gasteiger partial charge is 0.287 e. The Hall–Kier alpha value is -2.18. The van der Waals surface area contributed by atoms with Crippen molar-refractivity contribution in [3.8, 4) is 0 Å². The molecule has 1 heterocycles. The molecule has 0 fully saturated rings. The zero-order chi connectivity index (χ0) is 15.8. The summed E-state index contributed by atoms with van der Waals surface area (Å²) < 4.78 is 15.6. The Labute approximate surface area is 128 Å². The molecular weight excluding hydrogens is 286 g/mol. The molecule has 0 saturated carbocycles. The van der Waals surface area contributed by atoms with Gasteiger partial charge < -0.3 is 19.2 Å². The predicted molar refractivity (Wildman–Crippen MR) is 82.1 cm³/mol. The van der Waals surface area contributed by atoms with Crippen LogP contribution in [-0.2, 0) is 9.47 Å². The molecule has 0 atom stereocenters. The number of fused-ring (bicyclic) bond motifs is 1. The van der Waals surface area contributed by atoms with Gasteiger partial charge in [0.2, 0.25) is 0 Å². The molecule has 1 aromatic heterocycles. The number of benzene rings is 1. The fraction of sp³-hybridized carbons (Fsp3) is 0.375. The van der Waals surface area contributed by atoms with Crippen LogP contribution in [0.5, 0.6) is 0 Å². The number of ether oxygens (including phenoxy) is 2. The van der Waals surface area contributed by atoms with Crippen LogP contribution in [0.3, 0.4) is 0 Å². The van der Waals surface area contributed by atoms with Gasteiger partial charge in [0, 0.05) is 26.3 Å². The van der Waals surface area contributed by atoms with E-state index in [4.69, 9.17) is 13.9 Å². The van der Waals surface area contributed by atoms with Crippen LogP contribution in [0.2, 0.25) is 0 Å². The average molecular weight is 305 g/mol. The van der Waals surface area contributed by atoms with E-state index in [0.29, 0.717) is 43.8 Å². The highest BCUT2D eigenvalue weighted by Gasteiger charge is 2.11. The fourth-order valence-corrected chi connectivity index (χ4v) is 1.92. The van der Waals surface area contributed by atoms with E-state index in [1.807, 2.05) is 0 Å². The maximum atomic E-state index is 12.0. The Kier molecular flexibility index (Phi) is 6.12. The quantitative estimate of drug-likeness (QED) is 0.749. The molecule has 0 aliphatic carbocycles. The first-order valence-electron chi connectivity index (χ1n) is 7.10. The first kappa shape index (κ1) is 16.2. The molecule has 1 amide bonds. The SMILES string of the molecule is COCCOCCCNC(=O)c1cc(=O)c2ccccc2o1. The van der Waals surface area contributed by atoms with Crippen LogP contribution in [0.15, 0.2) is 39.5 Å². The molecular formula is C16H19NO5. The van der Waals surface area contributed by atoms with Gasteiger partial charge in [0.15, 0.2) is 11.2 Å². The highest BCUT2D eigenvalue weighted by atomic mass is 16.5. The molecule has 6 heteroatoms. The second kappa shape index (κ2) is 8.31. The van der Waals surface area contributed by atoms with Gasteiger partial charge in [0.1, 0.15) is 5.58 Å². The van der Waals surface area contributed by atoms with Crippen LogP contribution < -0.4 is 10.7 Å². The molecule has 0 bridgehead atoms. The maximum absolute atomic E-state index is 12.0. The molecule has 0 spiro atoms. The second-order valence-corrected chi connectivity index (χ2v) is 4.69. The largest absolute Gasteiger partial charge is 0.451 e. The zero-order valence-electron chi connectivity index (χ0n) is 12.5. The minimum atomic E-state index is -0.403. The number of amides is 1. The second-order valence-electron chi connectivity index (χ2n) is 4.69. The Balaban J connectivity index is 1.86. The van der Waals surface area contributed by atoms with Crippen LogP contribution in [0.25, 0.3) is 11.0 Å². The third-order valence-corrected chi connectivity index (χ3v) is 3.04.